The molecule has 0 saturated heterocycles. The summed E-state index contributed by atoms with van der Waals surface area (Å²) in [5.41, 5.74) is 6.52. The van der Waals surface area contributed by atoms with Crippen molar-refractivity contribution < 1.29 is 0 Å². The summed E-state index contributed by atoms with van der Waals surface area (Å²) in [6, 6.07) is 33.3. The van der Waals surface area contributed by atoms with Crippen LogP contribution in [0.4, 0.5) is 0 Å². The molecule has 28 heavy (non-hydrogen) atoms. The van der Waals surface area contributed by atoms with Crippen LogP contribution in [-0.4, -0.2) is 0 Å². The van der Waals surface area contributed by atoms with Gasteiger partial charge in [-0.25, -0.2) is 0 Å². The lowest BCUT2D eigenvalue weighted by atomic mass is 9.97. The standard InChI is InChI=1S/C27H22S/c1-18(2)19-10-12-20(13-11-19)21-14-16-22(17-15-21)23-7-5-8-25-24-6-3-4-9-26(24)28-27(23)25/h3-18H,1-2H3. The van der Waals surface area contributed by atoms with E-state index in [0.29, 0.717) is 5.92 Å². The second-order valence-electron chi connectivity index (χ2n) is 7.63. The van der Waals surface area contributed by atoms with Crippen LogP contribution in [-0.2, 0) is 0 Å². The van der Waals surface area contributed by atoms with Gasteiger partial charge in [0, 0.05) is 20.2 Å². The lowest BCUT2D eigenvalue weighted by Gasteiger charge is -2.09. The van der Waals surface area contributed by atoms with E-state index in [9.17, 15) is 0 Å². The quantitative estimate of drug-likeness (QED) is 0.295. The summed E-state index contributed by atoms with van der Waals surface area (Å²) in [6.07, 6.45) is 0. The molecule has 0 N–H and O–H groups in total. The number of rotatable bonds is 3. The first-order valence-corrected chi connectivity index (χ1v) is 10.6. The maximum absolute atomic E-state index is 2.25. The minimum atomic E-state index is 0.568. The monoisotopic (exact) mass is 378 g/mol. The smallest absolute Gasteiger partial charge is 0.0433 e. The van der Waals surface area contributed by atoms with Gasteiger partial charge in [-0.1, -0.05) is 98.8 Å². The Morgan fingerprint density at radius 2 is 1.18 bits per heavy atom. The zero-order chi connectivity index (χ0) is 19.1. The minimum Gasteiger partial charge on any atom is -0.135 e. The van der Waals surface area contributed by atoms with Crippen LogP contribution >= 0.6 is 11.3 Å². The number of fused-ring (bicyclic) bond motifs is 3. The van der Waals surface area contributed by atoms with E-state index >= 15 is 0 Å². The van der Waals surface area contributed by atoms with Gasteiger partial charge in [-0.05, 0) is 39.8 Å². The highest BCUT2D eigenvalue weighted by Crippen LogP contribution is 2.40. The first kappa shape index (κ1) is 17.2. The topological polar surface area (TPSA) is 0 Å². The molecule has 0 atom stereocenters. The van der Waals surface area contributed by atoms with Crippen molar-refractivity contribution >= 4 is 31.5 Å². The van der Waals surface area contributed by atoms with Gasteiger partial charge < -0.3 is 0 Å². The van der Waals surface area contributed by atoms with E-state index < -0.39 is 0 Å². The Balaban J connectivity index is 1.55. The predicted molar refractivity (Wildman–Crippen MR) is 124 cm³/mol. The molecule has 0 saturated carbocycles. The van der Waals surface area contributed by atoms with Crippen molar-refractivity contribution in [3.63, 3.8) is 0 Å². The highest BCUT2D eigenvalue weighted by molar-refractivity contribution is 7.26. The number of benzene rings is 4. The van der Waals surface area contributed by atoms with Crippen LogP contribution in [0.1, 0.15) is 25.3 Å². The molecule has 5 rings (SSSR count). The Morgan fingerprint density at radius 3 is 1.89 bits per heavy atom. The van der Waals surface area contributed by atoms with Crippen molar-refractivity contribution in [2.45, 2.75) is 19.8 Å². The Kier molecular flexibility index (Phi) is 4.26. The van der Waals surface area contributed by atoms with Crippen LogP contribution in [0, 0.1) is 0 Å². The van der Waals surface area contributed by atoms with Gasteiger partial charge in [0.1, 0.15) is 0 Å². The van der Waals surface area contributed by atoms with E-state index in [1.807, 2.05) is 11.3 Å². The normalized spacial score (nSPS) is 11.5. The van der Waals surface area contributed by atoms with Crippen LogP contribution in [0.15, 0.2) is 91.0 Å². The molecule has 0 radical (unpaired) electrons. The molecule has 0 spiro atoms. The fourth-order valence-corrected chi connectivity index (χ4v) is 5.12. The van der Waals surface area contributed by atoms with Crippen LogP contribution < -0.4 is 0 Å². The van der Waals surface area contributed by atoms with E-state index in [-0.39, 0.29) is 0 Å². The third kappa shape index (κ3) is 2.93. The van der Waals surface area contributed by atoms with Crippen molar-refractivity contribution in [2.75, 3.05) is 0 Å². The van der Waals surface area contributed by atoms with Crippen molar-refractivity contribution in [1.82, 2.24) is 0 Å². The fraction of sp³-hybridized carbons (Fsp3) is 0.111. The predicted octanol–water partition coefficient (Wildman–Crippen LogP) is 8.51. The van der Waals surface area contributed by atoms with Crippen molar-refractivity contribution in [3.8, 4) is 22.3 Å². The van der Waals surface area contributed by atoms with Gasteiger partial charge >= 0.3 is 0 Å². The molecule has 1 heteroatoms. The number of hydrogen-bond donors (Lipinski definition) is 0. The summed E-state index contributed by atoms with van der Waals surface area (Å²) in [6.45, 7) is 4.47. The average Bonchev–Trinajstić information content (AvgIpc) is 3.13. The Labute approximate surface area is 170 Å². The molecule has 0 nitrogen and oxygen atoms in total. The summed E-state index contributed by atoms with van der Waals surface area (Å²) in [5.74, 6) is 0.568. The molecule has 0 bridgehead atoms. The van der Waals surface area contributed by atoms with Crippen molar-refractivity contribution in [1.29, 1.82) is 0 Å². The maximum atomic E-state index is 2.25. The molecule has 5 aromatic rings. The molecule has 0 aliphatic heterocycles. The van der Waals surface area contributed by atoms with E-state index in [1.54, 1.807) is 0 Å². The van der Waals surface area contributed by atoms with E-state index in [2.05, 4.69) is 105 Å². The first-order valence-electron chi connectivity index (χ1n) is 9.82. The molecule has 0 aliphatic rings. The Hall–Kier alpha value is -2.90. The average molecular weight is 379 g/mol. The van der Waals surface area contributed by atoms with Crippen LogP contribution in [0.2, 0.25) is 0 Å². The third-order valence-electron chi connectivity index (χ3n) is 5.51. The SMILES string of the molecule is CC(C)c1ccc(-c2ccc(-c3cccc4c3sc3ccccc34)cc2)cc1. The van der Waals surface area contributed by atoms with Gasteiger partial charge in [0.2, 0.25) is 0 Å². The Morgan fingerprint density at radius 1 is 0.571 bits per heavy atom. The molecule has 0 amide bonds. The van der Waals surface area contributed by atoms with Crippen LogP contribution in [0.25, 0.3) is 42.4 Å². The molecular weight excluding hydrogens is 356 g/mol. The second-order valence-corrected chi connectivity index (χ2v) is 8.69. The van der Waals surface area contributed by atoms with Gasteiger partial charge in [0.05, 0.1) is 0 Å². The largest absolute Gasteiger partial charge is 0.135 e. The fourth-order valence-electron chi connectivity index (χ4n) is 3.88. The van der Waals surface area contributed by atoms with Crippen LogP contribution in [0.3, 0.4) is 0 Å². The van der Waals surface area contributed by atoms with E-state index in [4.69, 9.17) is 0 Å². The molecule has 0 fully saturated rings. The summed E-state index contributed by atoms with van der Waals surface area (Å²) >= 11 is 1.89. The number of hydrogen-bond acceptors (Lipinski definition) is 1. The van der Waals surface area contributed by atoms with Crippen LogP contribution in [0.5, 0.6) is 0 Å². The highest BCUT2D eigenvalue weighted by atomic mass is 32.1. The maximum Gasteiger partial charge on any atom is 0.0433 e. The van der Waals surface area contributed by atoms with Crippen molar-refractivity contribution in [3.05, 3.63) is 96.6 Å². The van der Waals surface area contributed by atoms with Gasteiger partial charge in [-0.2, -0.15) is 0 Å². The number of thiophene rings is 1. The summed E-state index contributed by atoms with van der Waals surface area (Å²) in [5, 5.41) is 2.71. The Bertz CT molecular complexity index is 1260. The van der Waals surface area contributed by atoms with Gasteiger partial charge in [-0.15, -0.1) is 11.3 Å². The zero-order valence-electron chi connectivity index (χ0n) is 16.1. The lowest BCUT2D eigenvalue weighted by molar-refractivity contribution is 0.867. The third-order valence-corrected chi connectivity index (χ3v) is 6.73. The van der Waals surface area contributed by atoms with Gasteiger partial charge in [-0.3, -0.25) is 0 Å². The van der Waals surface area contributed by atoms with Gasteiger partial charge in [0.15, 0.2) is 0 Å². The molecule has 1 aromatic heterocycles. The van der Waals surface area contributed by atoms with E-state index in [1.165, 1.54) is 48.0 Å². The lowest BCUT2D eigenvalue weighted by Crippen LogP contribution is -1.87. The van der Waals surface area contributed by atoms with Gasteiger partial charge in [0.25, 0.3) is 0 Å². The van der Waals surface area contributed by atoms with E-state index in [0.717, 1.165) is 0 Å². The molecule has 1 heterocycles. The second kappa shape index (κ2) is 6.92. The summed E-state index contributed by atoms with van der Waals surface area (Å²) < 4.78 is 2.73. The molecule has 136 valence electrons. The van der Waals surface area contributed by atoms with Crippen molar-refractivity contribution in [2.24, 2.45) is 0 Å². The zero-order valence-corrected chi connectivity index (χ0v) is 17.0. The summed E-state index contributed by atoms with van der Waals surface area (Å²) in [7, 11) is 0. The molecule has 0 aliphatic carbocycles. The molecular formula is C27H22S. The molecule has 4 aromatic carbocycles. The highest BCUT2D eigenvalue weighted by Gasteiger charge is 2.10. The summed E-state index contributed by atoms with van der Waals surface area (Å²) in [4.78, 5) is 0. The minimum absolute atomic E-state index is 0.568. The molecule has 0 unspecified atom stereocenters. The first-order chi connectivity index (χ1) is 13.7.